The smallest absolute Gasteiger partial charge is 0.133 e. The molecule has 0 aliphatic heterocycles. The van der Waals surface area contributed by atoms with Crippen LogP contribution in [0.25, 0.3) is 0 Å². The minimum absolute atomic E-state index is 0.494. The maximum atomic E-state index is 10.0. The SMILES string of the molecule is CC[C@@H](O)c1ccccc1Oc1ccc(Br)cc1C. The standard InChI is InChI=1S/C16H17BrO2/c1-3-14(18)13-6-4-5-7-16(13)19-15-9-8-12(17)10-11(15)2/h4-10,14,18H,3H2,1-2H3/t14-/m1/s1. The van der Waals surface area contributed by atoms with Crippen LogP contribution in [0.5, 0.6) is 11.5 Å². The Kier molecular flexibility index (Phi) is 4.61. The van der Waals surface area contributed by atoms with Gasteiger partial charge in [0.05, 0.1) is 6.10 Å². The molecule has 0 aromatic heterocycles. The third-order valence-electron chi connectivity index (χ3n) is 3.02. The normalized spacial score (nSPS) is 12.2. The van der Waals surface area contributed by atoms with E-state index in [9.17, 15) is 5.11 Å². The quantitative estimate of drug-likeness (QED) is 0.859. The molecule has 0 radical (unpaired) electrons. The average Bonchev–Trinajstić information content (AvgIpc) is 2.41. The van der Waals surface area contributed by atoms with Crippen molar-refractivity contribution in [3.8, 4) is 11.5 Å². The highest BCUT2D eigenvalue weighted by atomic mass is 79.9. The molecule has 0 amide bonds. The summed E-state index contributed by atoms with van der Waals surface area (Å²) in [6.45, 7) is 3.95. The lowest BCUT2D eigenvalue weighted by Gasteiger charge is -2.15. The zero-order valence-electron chi connectivity index (χ0n) is 11.1. The highest BCUT2D eigenvalue weighted by molar-refractivity contribution is 9.10. The summed E-state index contributed by atoms with van der Waals surface area (Å²) in [5.74, 6) is 1.52. The number of benzene rings is 2. The molecule has 2 aromatic carbocycles. The zero-order valence-corrected chi connectivity index (χ0v) is 12.6. The first-order valence-corrected chi connectivity index (χ1v) is 7.12. The van der Waals surface area contributed by atoms with Crippen molar-refractivity contribution in [3.63, 3.8) is 0 Å². The predicted octanol–water partition coefficient (Wildman–Crippen LogP) is 4.99. The van der Waals surface area contributed by atoms with Crippen LogP contribution in [0.3, 0.4) is 0 Å². The number of aliphatic hydroxyl groups is 1. The molecule has 1 atom stereocenters. The molecule has 0 bridgehead atoms. The molecule has 2 rings (SSSR count). The lowest BCUT2D eigenvalue weighted by Crippen LogP contribution is -1.99. The number of aryl methyl sites for hydroxylation is 1. The van der Waals surface area contributed by atoms with Crippen LogP contribution in [0.2, 0.25) is 0 Å². The van der Waals surface area contributed by atoms with E-state index in [4.69, 9.17) is 4.74 Å². The van der Waals surface area contributed by atoms with Gasteiger partial charge in [-0.2, -0.15) is 0 Å². The number of rotatable bonds is 4. The van der Waals surface area contributed by atoms with Crippen molar-refractivity contribution in [2.75, 3.05) is 0 Å². The van der Waals surface area contributed by atoms with E-state index >= 15 is 0 Å². The van der Waals surface area contributed by atoms with Gasteiger partial charge in [0.1, 0.15) is 11.5 Å². The molecule has 0 saturated carbocycles. The summed E-state index contributed by atoms with van der Waals surface area (Å²) >= 11 is 3.44. The average molecular weight is 321 g/mol. The van der Waals surface area contributed by atoms with Crippen LogP contribution in [-0.2, 0) is 0 Å². The number of aliphatic hydroxyl groups excluding tert-OH is 1. The van der Waals surface area contributed by atoms with Crippen molar-refractivity contribution in [1.29, 1.82) is 0 Å². The Balaban J connectivity index is 2.33. The monoisotopic (exact) mass is 320 g/mol. The van der Waals surface area contributed by atoms with Crippen LogP contribution >= 0.6 is 15.9 Å². The first-order chi connectivity index (χ1) is 9.11. The second-order valence-corrected chi connectivity index (χ2v) is 5.39. The van der Waals surface area contributed by atoms with Gasteiger partial charge in [-0.15, -0.1) is 0 Å². The van der Waals surface area contributed by atoms with E-state index in [2.05, 4.69) is 15.9 Å². The molecule has 19 heavy (non-hydrogen) atoms. The lowest BCUT2D eigenvalue weighted by molar-refractivity contribution is 0.170. The summed E-state index contributed by atoms with van der Waals surface area (Å²) < 4.78 is 6.96. The second-order valence-electron chi connectivity index (χ2n) is 4.47. The van der Waals surface area contributed by atoms with E-state index in [-0.39, 0.29) is 0 Å². The molecule has 0 unspecified atom stereocenters. The fourth-order valence-electron chi connectivity index (χ4n) is 1.91. The van der Waals surface area contributed by atoms with Gasteiger partial charge in [-0.05, 0) is 43.2 Å². The number of halogens is 1. The number of ether oxygens (including phenoxy) is 1. The molecule has 0 fully saturated rings. The zero-order chi connectivity index (χ0) is 13.8. The molecule has 0 heterocycles. The first kappa shape index (κ1) is 14.1. The third-order valence-corrected chi connectivity index (χ3v) is 3.51. The van der Waals surface area contributed by atoms with Gasteiger partial charge in [0, 0.05) is 10.0 Å². The fraction of sp³-hybridized carbons (Fsp3) is 0.250. The number of hydrogen-bond acceptors (Lipinski definition) is 2. The van der Waals surface area contributed by atoms with Crippen LogP contribution in [-0.4, -0.2) is 5.11 Å². The molecular formula is C16H17BrO2. The molecule has 2 nitrogen and oxygen atoms in total. The van der Waals surface area contributed by atoms with Crippen molar-refractivity contribution in [3.05, 3.63) is 58.1 Å². The van der Waals surface area contributed by atoms with Crippen molar-refractivity contribution in [2.45, 2.75) is 26.4 Å². The van der Waals surface area contributed by atoms with Crippen LogP contribution in [0.15, 0.2) is 46.9 Å². The minimum Gasteiger partial charge on any atom is -0.457 e. The van der Waals surface area contributed by atoms with Gasteiger partial charge in [-0.3, -0.25) is 0 Å². The number of hydrogen-bond donors (Lipinski definition) is 1. The first-order valence-electron chi connectivity index (χ1n) is 6.32. The molecule has 0 aliphatic rings. The summed E-state index contributed by atoms with van der Waals surface area (Å²) in [5, 5.41) is 10.0. The van der Waals surface area contributed by atoms with E-state index in [0.717, 1.165) is 21.3 Å². The van der Waals surface area contributed by atoms with Crippen molar-refractivity contribution in [1.82, 2.24) is 0 Å². The Morgan fingerprint density at radius 1 is 1.16 bits per heavy atom. The Morgan fingerprint density at radius 2 is 1.89 bits per heavy atom. The van der Waals surface area contributed by atoms with Gasteiger partial charge in [-0.1, -0.05) is 41.1 Å². The maximum absolute atomic E-state index is 10.0. The molecule has 0 aliphatic carbocycles. The Hall–Kier alpha value is -1.32. The van der Waals surface area contributed by atoms with E-state index in [1.54, 1.807) is 0 Å². The lowest BCUT2D eigenvalue weighted by atomic mass is 10.1. The van der Waals surface area contributed by atoms with Crippen LogP contribution in [0.4, 0.5) is 0 Å². The molecule has 1 N–H and O–H groups in total. The largest absolute Gasteiger partial charge is 0.457 e. The summed E-state index contributed by atoms with van der Waals surface area (Å²) in [5.41, 5.74) is 1.88. The van der Waals surface area contributed by atoms with Crippen LogP contribution in [0, 0.1) is 6.92 Å². The second kappa shape index (κ2) is 6.22. The summed E-state index contributed by atoms with van der Waals surface area (Å²) in [4.78, 5) is 0. The van der Waals surface area contributed by atoms with Crippen molar-refractivity contribution >= 4 is 15.9 Å². The maximum Gasteiger partial charge on any atom is 0.133 e. The van der Waals surface area contributed by atoms with Crippen molar-refractivity contribution in [2.24, 2.45) is 0 Å². The van der Waals surface area contributed by atoms with Gasteiger partial charge in [0.15, 0.2) is 0 Å². The van der Waals surface area contributed by atoms with E-state index in [1.807, 2.05) is 56.3 Å². The molecular weight excluding hydrogens is 304 g/mol. The predicted molar refractivity (Wildman–Crippen MR) is 80.6 cm³/mol. The van der Waals surface area contributed by atoms with Gasteiger partial charge >= 0.3 is 0 Å². The molecule has 2 aromatic rings. The summed E-state index contributed by atoms with van der Waals surface area (Å²) in [6, 6.07) is 13.5. The Bertz CT molecular complexity index is 566. The third kappa shape index (κ3) is 3.37. The fourth-order valence-corrected chi connectivity index (χ4v) is 2.39. The molecule has 3 heteroatoms. The number of para-hydroxylation sites is 1. The highest BCUT2D eigenvalue weighted by Gasteiger charge is 2.12. The Labute approximate surface area is 122 Å². The van der Waals surface area contributed by atoms with Gasteiger partial charge in [-0.25, -0.2) is 0 Å². The van der Waals surface area contributed by atoms with E-state index in [0.29, 0.717) is 12.2 Å². The van der Waals surface area contributed by atoms with Gasteiger partial charge in [0.25, 0.3) is 0 Å². The molecule has 0 spiro atoms. The topological polar surface area (TPSA) is 29.5 Å². The van der Waals surface area contributed by atoms with E-state index in [1.165, 1.54) is 0 Å². The van der Waals surface area contributed by atoms with Crippen LogP contribution in [0.1, 0.15) is 30.6 Å². The minimum atomic E-state index is -0.494. The molecule has 100 valence electrons. The molecule has 0 saturated heterocycles. The summed E-state index contributed by atoms with van der Waals surface area (Å²) in [6.07, 6.45) is 0.173. The summed E-state index contributed by atoms with van der Waals surface area (Å²) in [7, 11) is 0. The van der Waals surface area contributed by atoms with Gasteiger partial charge in [0.2, 0.25) is 0 Å². The highest BCUT2D eigenvalue weighted by Crippen LogP contribution is 2.33. The van der Waals surface area contributed by atoms with Crippen molar-refractivity contribution < 1.29 is 9.84 Å². The van der Waals surface area contributed by atoms with Gasteiger partial charge < -0.3 is 9.84 Å². The van der Waals surface area contributed by atoms with E-state index < -0.39 is 6.10 Å². The Morgan fingerprint density at radius 3 is 2.58 bits per heavy atom. The van der Waals surface area contributed by atoms with Crippen LogP contribution < -0.4 is 4.74 Å².